The van der Waals surface area contributed by atoms with Crippen molar-refractivity contribution < 1.29 is 24.9 Å². The number of aromatic nitrogens is 4. The number of hydrogen-bond acceptors (Lipinski definition) is 9. The standard InChI is InChI=1S/C18H18BrN5O5/c19-5-8-1-3-9(4-2-8)11(25)12(26)15-13(27)14(28)18(29-15)24-7-23-10-16(20)21-6-22-17(10)24/h1-4,6-7,12-15,18,26-28H,5H2,(H2,20,21,22)/t12?,13-,14+,15+,18+/m0/s1. The molecule has 152 valence electrons. The van der Waals surface area contributed by atoms with Crippen molar-refractivity contribution in [2.45, 2.75) is 36.0 Å². The second kappa shape index (κ2) is 7.76. The third-order valence-corrected chi connectivity index (χ3v) is 5.56. The van der Waals surface area contributed by atoms with E-state index in [0.29, 0.717) is 16.5 Å². The summed E-state index contributed by atoms with van der Waals surface area (Å²) < 4.78 is 7.05. The Balaban J connectivity index is 1.59. The van der Waals surface area contributed by atoms with Crippen LogP contribution in [0.4, 0.5) is 5.82 Å². The van der Waals surface area contributed by atoms with Gasteiger partial charge < -0.3 is 25.8 Å². The van der Waals surface area contributed by atoms with Crippen LogP contribution in [-0.2, 0) is 10.1 Å². The first kappa shape index (κ1) is 19.9. The van der Waals surface area contributed by atoms with E-state index < -0.39 is 36.4 Å². The average Bonchev–Trinajstić information content (AvgIpc) is 3.29. The Morgan fingerprint density at radius 2 is 1.93 bits per heavy atom. The summed E-state index contributed by atoms with van der Waals surface area (Å²) in [6.07, 6.45) is -4.48. The molecule has 4 rings (SSSR count). The molecule has 29 heavy (non-hydrogen) atoms. The molecule has 3 aromatic rings. The van der Waals surface area contributed by atoms with Gasteiger partial charge in [0.1, 0.15) is 36.3 Å². The number of anilines is 1. The molecule has 2 aromatic heterocycles. The molecule has 5 N–H and O–H groups in total. The number of aliphatic hydroxyl groups excluding tert-OH is 3. The SMILES string of the molecule is Nc1ncnc2c1ncn2[C@@H]1O[C@H](C(O)C(=O)c2ccc(CBr)cc2)[C@@H](O)[C@H]1O. The van der Waals surface area contributed by atoms with Crippen molar-refractivity contribution in [1.82, 2.24) is 19.5 Å². The zero-order valence-electron chi connectivity index (χ0n) is 15.0. The van der Waals surface area contributed by atoms with Gasteiger partial charge in [0.15, 0.2) is 23.5 Å². The number of ketones is 1. The lowest BCUT2D eigenvalue weighted by molar-refractivity contribution is -0.0725. The summed E-state index contributed by atoms with van der Waals surface area (Å²) in [5.41, 5.74) is 7.60. The molecule has 1 fully saturated rings. The number of fused-ring (bicyclic) bond motifs is 1. The minimum absolute atomic E-state index is 0.153. The van der Waals surface area contributed by atoms with Gasteiger partial charge in [-0.3, -0.25) is 9.36 Å². The molecule has 1 unspecified atom stereocenters. The van der Waals surface area contributed by atoms with Crippen LogP contribution in [0.25, 0.3) is 11.2 Å². The van der Waals surface area contributed by atoms with Gasteiger partial charge in [-0.1, -0.05) is 40.2 Å². The second-order valence-electron chi connectivity index (χ2n) is 6.70. The minimum atomic E-state index is -1.67. The highest BCUT2D eigenvalue weighted by Gasteiger charge is 2.49. The lowest BCUT2D eigenvalue weighted by Gasteiger charge is -2.20. The van der Waals surface area contributed by atoms with E-state index >= 15 is 0 Å². The van der Waals surface area contributed by atoms with Crippen molar-refractivity contribution in [2.75, 3.05) is 5.73 Å². The third kappa shape index (κ3) is 3.40. The Kier molecular flexibility index (Phi) is 5.32. The van der Waals surface area contributed by atoms with Gasteiger partial charge in [-0.25, -0.2) is 15.0 Å². The fourth-order valence-corrected chi connectivity index (χ4v) is 3.68. The highest BCUT2D eigenvalue weighted by Crippen LogP contribution is 2.34. The third-order valence-electron chi connectivity index (χ3n) is 4.91. The molecule has 0 radical (unpaired) electrons. The van der Waals surface area contributed by atoms with Crippen LogP contribution in [0.5, 0.6) is 0 Å². The molecule has 0 spiro atoms. The van der Waals surface area contributed by atoms with Crippen molar-refractivity contribution >= 4 is 38.7 Å². The maximum Gasteiger partial charge on any atom is 0.194 e. The van der Waals surface area contributed by atoms with E-state index in [1.165, 1.54) is 17.2 Å². The Labute approximate surface area is 173 Å². The van der Waals surface area contributed by atoms with Gasteiger partial charge in [0.05, 0.1) is 6.33 Å². The predicted molar refractivity (Wildman–Crippen MR) is 105 cm³/mol. The maximum atomic E-state index is 12.6. The number of ether oxygens (including phenoxy) is 1. The van der Waals surface area contributed by atoms with E-state index in [1.807, 2.05) is 0 Å². The topological polar surface area (TPSA) is 157 Å². The Hall–Kier alpha value is -2.44. The summed E-state index contributed by atoms with van der Waals surface area (Å²) in [6, 6.07) is 6.67. The number of carbonyl (C=O) groups excluding carboxylic acids is 1. The number of carbonyl (C=O) groups is 1. The smallest absolute Gasteiger partial charge is 0.194 e. The molecule has 11 heteroatoms. The average molecular weight is 464 g/mol. The van der Waals surface area contributed by atoms with Gasteiger partial charge in [0, 0.05) is 10.9 Å². The molecular weight excluding hydrogens is 446 g/mol. The molecule has 3 heterocycles. The fraction of sp³-hybridized carbons (Fsp3) is 0.333. The molecule has 5 atom stereocenters. The zero-order chi connectivity index (χ0) is 20.7. The van der Waals surface area contributed by atoms with Crippen molar-refractivity contribution in [2.24, 2.45) is 0 Å². The van der Waals surface area contributed by atoms with E-state index in [0.717, 1.165) is 5.56 Å². The zero-order valence-corrected chi connectivity index (χ0v) is 16.5. The first-order valence-corrected chi connectivity index (χ1v) is 9.86. The highest BCUT2D eigenvalue weighted by molar-refractivity contribution is 9.08. The van der Waals surface area contributed by atoms with Gasteiger partial charge >= 0.3 is 0 Å². The molecule has 1 aliphatic heterocycles. The molecule has 0 amide bonds. The molecule has 10 nitrogen and oxygen atoms in total. The number of nitrogens with two attached hydrogens (primary N) is 1. The van der Waals surface area contributed by atoms with Gasteiger partial charge in [-0.2, -0.15) is 0 Å². The maximum absolute atomic E-state index is 12.6. The van der Waals surface area contributed by atoms with Crippen LogP contribution in [-0.4, -0.2) is 65.0 Å². The Morgan fingerprint density at radius 3 is 2.62 bits per heavy atom. The van der Waals surface area contributed by atoms with Gasteiger partial charge in [-0.15, -0.1) is 0 Å². The first-order chi connectivity index (χ1) is 13.9. The number of hydrogen-bond donors (Lipinski definition) is 4. The number of imidazole rings is 1. The van der Waals surface area contributed by atoms with Crippen molar-refractivity contribution in [3.8, 4) is 0 Å². The molecule has 1 aromatic carbocycles. The van der Waals surface area contributed by atoms with Crippen LogP contribution in [0, 0.1) is 0 Å². The van der Waals surface area contributed by atoms with Crippen LogP contribution in [0.1, 0.15) is 22.1 Å². The molecule has 0 saturated carbocycles. The minimum Gasteiger partial charge on any atom is -0.387 e. The molecule has 0 bridgehead atoms. The number of halogens is 1. The summed E-state index contributed by atoms with van der Waals surface area (Å²) in [4.78, 5) is 24.7. The van der Waals surface area contributed by atoms with Crippen LogP contribution in [0.2, 0.25) is 0 Å². The van der Waals surface area contributed by atoms with Crippen molar-refractivity contribution in [3.05, 3.63) is 48.0 Å². The number of nitrogen functional groups attached to an aromatic ring is 1. The summed E-state index contributed by atoms with van der Waals surface area (Å²) in [6.45, 7) is 0. The van der Waals surface area contributed by atoms with E-state index in [4.69, 9.17) is 10.5 Å². The summed E-state index contributed by atoms with van der Waals surface area (Å²) in [7, 11) is 0. The largest absolute Gasteiger partial charge is 0.387 e. The molecular formula is C18H18BrN5O5. The van der Waals surface area contributed by atoms with Crippen LogP contribution < -0.4 is 5.73 Å². The van der Waals surface area contributed by atoms with E-state index in [9.17, 15) is 20.1 Å². The van der Waals surface area contributed by atoms with E-state index in [-0.39, 0.29) is 11.4 Å². The number of Topliss-reactive ketones (excluding diaryl/α,β-unsaturated/α-hetero) is 1. The molecule has 1 saturated heterocycles. The molecule has 0 aliphatic carbocycles. The van der Waals surface area contributed by atoms with Crippen LogP contribution in [0.15, 0.2) is 36.9 Å². The van der Waals surface area contributed by atoms with Crippen LogP contribution in [0.3, 0.4) is 0 Å². The monoisotopic (exact) mass is 463 g/mol. The van der Waals surface area contributed by atoms with E-state index in [1.54, 1.807) is 24.3 Å². The highest BCUT2D eigenvalue weighted by atomic mass is 79.9. The Morgan fingerprint density at radius 1 is 1.21 bits per heavy atom. The quantitative estimate of drug-likeness (QED) is 0.305. The normalized spacial score (nSPS) is 25.4. The van der Waals surface area contributed by atoms with Gasteiger partial charge in [-0.05, 0) is 5.56 Å². The van der Waals surface area contributed by atoms with Gasteiger partial charge in [0.25, 0.3) is 0 Å². The summed E-state index contributed by atoms with van der Waals surface area (Å²) >= 11 is 3.32. The number of alkyl halides is 1. The first-order valence-electron chi connectivity index (χ1n) is 8.74. The van der Waals surface area contributed by atoms with Gasteiger partial charge in [0.2, 0.25) is 0 Å². The number of rotatable bonds is 5. The number of benzene rings is 1. The van der Waals surface area contributed by atoms with E-state index in [2.05, 4.69) is 30.9 Å². The Bertz CT molecular complexity index is 1040. The summed E-state index contributed by atoms with van der Waals surface area (Å²) in [5, 5.41) is 32.1. The fourth-order valence-electron chi connectivity index (χ4n) is 3.31. The van der Waals surface area contributed by atoms with Crippen LogP contribution >= 0.6 is 15.9 Å². The van der Waals surface area contributed by atoms with Crippen molar-refractivity contribution in [1.29, 1.82) is 0 Å². The summed E-state index contributed by atoms with van der Waals surface area (Å²) in [5.74, 6) is -0.467. The lowest BCUT2D eigenvalue weighted by Crippen LogP contribution is -2.42. The predicted octanol–water partition coefficient (Wildman–Crippen LogP) is 0.166. The number of nitrogens with zero attached hydrogens (tertiary/aromatic N) is 4. The lowest BCUT2D eigenvalue weighted by atomic mass is 9.97. The number of aliphatic hydroxyl groups is 3. The second-order valence-corrected chi connectivity index (χ2v) is 7.26. The van der Waals surface area contributed by atoms with Crippen molar-refractivity contribution in [3.63, 3.8) is 0 Å². The molecule has 1 aliphatic rings.